The summed E-state index contributed by atoms with van der Waals surface area (Å²) in [5.74, 6) is -0.859. The molecule has 3 aromatic carbocycles. The third-order valence-corrected chi connectivity index (χ3v) is 6.06. The Labute approximate surface area is 228 Å². The Morgan fingerprint density at radius 2 is 1.77 bits per heavy atom. The Hall–Kier alpha value is -4.30. The number of likely N-dealkylation sites (N-methyl/N-ethyl adjacent to an activating group) is 1. The van der Waals surface area contributed by atoms with Gasteiger partial charge in [-0.1, -0.05) is 43.3 Å². The first kappa shape index (κ1) is 29.3. The number of nitrogens with one attached hydrogen (secondary N) is 2. The van der Waals surface area contributed by atoms with Crippen molar-refractivity contribution in [3.05, 3.63) is 107 Å². The van der Waals surface area contributed by atoms with Crippen molar-refractivity contribution in [1.82, 2.24) is 10.2 Å². The first-order chi connectivity index (χ1) is 18.7. The number of anilines is 1. The fraction of sp³-hybridized carbons (Fsp3) is 0.226. The van der Waals surface area contributed by atoms with Crippen LogP contribution in [0.2, 0.25) is 0 Å². The van der Waals surface area contributed by atoms with E-state index in [2.05, 4.69) is 5.32 Å². The predicted molar refractivity (Wildman–Crippen MR) is 154 cm³/mol. The topological polar surface area (TPSA) is 91.4 Å². The minimum atomic E-state index is -1.12. The molecule has 39 heavy (non-hydrogen) atoms. The lowest BCUT2D eigenvalue weighted by Crippen LogP contribution is -2.22. The van der Waals surface area contributed by atoms with Gasteiger partial charge in [0.05, 0.1) is 5.56 Å². The zero-order valence-electron chi connectivity index (χ0n) is 22.4. The number of carbonyl (C=O) groups is 1. The molecule has 0 spiro atoms. The number of nitrogens with two attached hydrogens (primary N) is 1. The Morgan fingerprint density at radius 1 is 1.05 bits per heavy atom. The number of rotatable bonds is 12. The van der Waals surface area contributed by atoms with Gasteiger partial charge in [-0.25, -0.2) is 4.39 Å². The molecule has 0 aromatic heterocycles. The molecule has 0 atom stereocenters. The van der Waals surface area contributed by atoms with Gasteiger partial charge in [-0.2, -0.15) is 4.39 Å². The second-order valence-electron chi connectivity index (χ2n) is 9.05. The average molecular weight is 533 g/mol. The standard InChI is InChI=1S/C31H34F2N4O2/c1-4-26(22-7-5-8-24(32)19-22)30(23-12-15-28(34)27(20-23)31(33)35)21-10-13-25(14-11-21)39-18-17-36-16-6-9-29(38)37(2)3/h5-15,19-20,35-36H,4,16-18,34H2,1-3H3/b9-6+,30-26+,35-31?. The van der Waals surface area contributed by atoms with Gasteiger partial charge in [0.2, 0.25) is 11.9 Å². The molecule has 204 valence electrons. The average Bonchev–Trinajstić information content (AvgIpc) is 2.91. The number of halogens is 2. The van der Waals surface area contributed by atoms with Crippen molar-refractivity contribution in [1.29, 1.82) is 5.41 Å². The van der Waals surface area contributed by atoms with Gasteiger partial charge in [0.1, 0.15) is 18.2 Å². The van der Waals surface area contributed by atoms with Gasteiger partial charge >= 0.3 is 0 Å². The Kier molecular flexibility index (Phi) is 10.5. The number of allylic oxidation sites excluding steroid dienone is 1. The van der Waals surface area contributed by atoms with Crippen LogP contribution in [0, 0.1) is 11.2 Å². The summed E-state index contributed by atoms with van der Waals surface area (Å²) in [4.78, 5) is 13.0. The predicted octanol–water partition coefficient (Wildman–Crippen LogP) is 5.68. The van der Waals surface area contributed by atoms with Gasteiger partial charge in [0, 0.05) is 38.9 Å². The maximum atomic E-state index is 14.1. The molecular formula is C31H34F2N4O2. The summed E-state index contributed by atoms with van der Waals surface area (Å²) < 4.78 is 33.9. The summed E-state index contributed by atoms with van der Waals surface area (Å²) >= 11 is 0. The zero-order valence-corrected chi connectivity index (χ0v) is 22.4. The second-order valence-corrected chi connectivity index (χ2v) is 9.05. The quantitative estimate of drug-likeness (QED) is 0.0920. The van der Waals surface area contributed by atoms with Crippen molar-refractivity contribution < 1.29 is 18.3 Å². The highest BCUT2D eigenvalue weighted by Gasteiger charge is 2.16. The molecular weight excluding hydrogens is 498 g/mol. The van der Waals surface area contributed by atoms with E-state index < -0.39 is 5.97 Å². The lowest BCUT2D eigenvalue weighted by atomic mass is 9.87. The van der Waals surface area contributed by atoms with Gasteiger partial charge in [-0.15, -0.1) is 0 Å². The molecule has 3 aromatic rings. The minimum absolute atomic E-state index is 0.00748. The van der Waals surface area contributed by atoms with Crippen LogP contribution in [0.25, 0.3) is 11.1 Å². The molecule has 8 heteroatoms. The largest absolute Gasteiger partial charge is 0.492 e. The van der Waals surface area contributed by atoms with Crippen LogP contribution in [-0.4, -0.2) is 50.6 Å². The summed E-state index contributed by atoms with van der Waals surface area (Å²) in [6.07, 6.45) is 3.87. The number of nitrogen functional groups attached to an aromatic ring is 1. The van der Waals surface area contributed by atoms with E-state index in [1.807, 2.05) is 37.3 Å². The van der Waals surface area contributed by atoms with Crippen molar-refractivity contribution in [2.24, 2.45) is 0 Å². The minimum Gasteiger partial charge on any atom is -0.492 e. The molecule has 1 amide bonds. The molecule has 4 N–H and O–H groups in total. The van der Waals surface area contributed by atoms with Crippen LogP contribution < -0.4 is 15.8 Å². The highest BCUT2D eigenvalue weighted by molar-refractivity contribution is 6.02. The summed E-state index contributed by atoms with van der Waals surface area (Å²) in [5, 5.41) is 10.7. The van der Waals surface area contributed by atoms with E-state index in [0.717, 1.165) is 16.7 Å². The molecule has 0 heterocycles. The summed E-state index contributed by atoms with van der Waals surface area (Å²) in [5.41, 5.74) is 9.97. The molecule has 0 bridgehead atoms. The molecule has 0 aliphatic heterocycles. The van der Waals surface area contributed by atoms with Gasteiger partial charge < -0.3 is 20.7 Å². The van der Waals surface area contributed by atoms with Crippen LogP contribution in [0.5, 0.6) is 5.75 Å². The van der Waals surface area contributed by atoms with Crippen LogP contribution in [0.4, 0.5) is 14.5 Å². The third kappa shape index (κ3) is 8.09. The van der Waals surface area contributed by atoms with Gasteiger partial charge in [-0.3, -0.25) is 10.2 Å². The van der Waals surface area contributed by atoms with Crippen molar-refractivity contribution in [2.75, 3.05) is 39.5 Å². The highest BCUT2D eigenvalue weighted by Crippen LogP contribution is 2.36. The second kappa shape index (κ2) is 14.0. The van der Waals surface area contributed by atoms with Crippen LogP contribution in [0.15, 0.2) is 78.9 Å². The van der Waals surface area contributed by atoms with E-state index >= 15 is 0 Å². The third-order valence-electron chi connectivity index (χ3n) is 6.06. The van der Waals surface area contributed by atoms with Gasteiger partial charge in [0.25, 0.3) is 0 Å². The van der Waals surface area contributed by atoms with E-state index in [1.54, 1.807) is 44.4 Å². The lowest BCUT2D eigenvalue weighted by molar-refractivity contribution is -0.123. The number of amides is 1. The van der Waals surface area contributed by atoms with Gasteiger partial charge in [0.15, 0.2) is 0 Å². The summed E-state index contributed by atoms with van der Waals surface area (Å²) in [7, 11) is 3.40. The first-order valence-electron chi connectivity index (χ1n) is 12.7. The Bertz CT molecular complexity index is 1370. The van der Waals surface area contributed by atoms with E-state index in [0.29, 0.717) is 43.0 Å². The summed E-state index contributed by atoms with van der Waals surface area (Å²) in [6, 6.07) is 18.8. The van der Waals surface area contributed by atoms with Crippen molar-refractivity contribution >= 4 is 28.7 Å². The number of nitrogens with zero attached hydrogens (tertiary/aromatic N) is 1. The number of hydrogen-bond acceptors (Lipinski definition) is 5. The van der Waals surface area contributed by atoms with E-state index in [1.165, 1.54) is 23.1 Å². The number of carbonyl (C=O) groups excluding carboxylic acids is 1. The number of ether oxygens (including phenoxy) is 1. The van der Waals surface area contributed by atoms with E-state index in [-0.39, 0.29) is 23.0 Å². The normalized spacial score (nSPS) is 11.8. The van der Waals surface area contributed by atoms with Crippen molar-refractivity contribution in [3.8, 4) is 5.75 Å². The molecule has 0 unspecified atom stereocenters. The van der Waals surface area contributed by atoms with Crippen LogP contribution in [0.1, 0.15) is 35.6 Å². The maximum Gasteiger partial charge on any atom is 0.245 e. The van der Waals surface area contributed by atoms with Gasteiger partial charge in [-0.05, 0) is 70.7 Å². The van der Waals surface area contributed by atoms with E-state index in [4.69, 9.17) is 15.9 Å². The molecule has 6 nitrogen and oxygen atoms in total. The molecule has 0 aliphatic rings. The van der Waals surface area contributed by atoms with Crippen LogP contribution >= 0.6 is 0 Å². The zero-order chi connectivity index (χ0) is 28.4. The molecule has 0 aliphatic carbocycles. The Morgan fingerprint density at radius 3 is 2.41 bits per heavy atom. The first-order valence-corrected chi connectivity index (χ1v) is 12.7. The van der Waals surface area contributed by atoms with Crippen molar-refractivity contribution in [3.63, 3.8) is 0 Å². The number of benzene rings is 3. The highest BCUT2D eigenvalue weighted by atomic mass is 19.1. The van der Waals surface area contributed by atoms with Crippen LogP contribution in [-0.2, 0) is 4.79 Å². The number of hydrogen-bond donors (Lipinski definition) is 3. The molecule has 0 saturated carbocycles. The fourth-order valence-corrected chi connectivity index (χ4v) is 4.07. The maximum absolute atomic E-state index is 14.1. The lowest BCUT2D eigenvalue weighted by Gasteiger charge is -2.18. The Balaban J connectivity index is 1.84. The smallest absolute Gasteiger partial charge is 0.245 e. The molecule has 0 fully saturated rings. The molecule has 3 rings (SSSR count). The molecule has 0 radical (unpaired) electrons. The van der Waals surface area contributed by atoms with E-state index in [9.17, 15) is 13.6 Å². The fourth-order valence-electron chi connectivity index (χ4n) is 4.07. The monoisotopic (exact) mass is 532 g/mol. The van der Waals surface area contributed by atoms with Crippen LogP contribution in [0.3, 0.4) is 0 Å². The SMILES string of the molecule is CC/C(=C(/c1ccc(OCCNC/C=C/C(=O)N(C)C)cc1)c1ccc(N)c(C(=N)F)c1)c1cccc(F)c1. The molecule has 0 saturated heterocycles. The van der Waals surface area contributed by atoms with Crippen molar-refractivity contribution in [2.45, 2.75) is 13.3 Å². The summed E-state index contributed by atoms with van der Waals surface area (Å²) in [6.45, 7) is 3.55.